The van der Waals surface area contributed by atoms with E-state index in [1.54, 1.807) is 13.0 Å². The molecule has 0 spiro atoms. The third-order valence-electron chi connectivity index (χ3n) is 2.30. The van der Waals surface area contributed by atoms with Crippen molar-refractivity contribution in [3.05, 3.63) is 53.7 Å². The SMILES string of the molecule is C[C@@H](O)c1ccnc(Oc2cc(F)cc(F)c2)c1. The second kappa shape index (κ2) is 5.10. The van der Waals surface area contributed by atoms with E-state index in [0.717, 1.165) is 18.2 Å². The Labute approximate surface area is 103 Å². The number of hydrogen-bond acceptors (Lipinski definition) is 3. The first-order chi connectivity index (χ1) is 8.54. The van der Waals surface area contributed by atoms with Gasteiger partial charge in [-0.25, -0.2) is 13.8 Å². The lowest BCUT2D eigenvalue weighted by Crippen LogP contribution is -1.94. The van der Waals surface area contributed by atoms with Crippen molar-refractivity contribution >= 4 is 0 Å². The highest BCUT2D eigenvalue weighted by Crippen LogP contribution is 2.23. The third kappa shape index (κ3) is 3.01. The van der Waals surface area contributed by atoms with Crippen LogP contribution in [0.3, 0.4) is 0 Å². The number of benzene rings is 1. The molecule has 0 radical (unpaired) electrons. The molecule has 18 heavy (non-hydrogen) atoms. The highest BCUT2D eigenvalue weighted by atomic mass is 19.1. The van der Waals surface area contributed by atoms with E-state index in [1.165, 1.54) is 12.3 Å². The van der Waals surface area contributed by atoms with Crippen molar-refractivity contribution in [2.75, 3.05) is 0 Å². The molecule has 2 aromatic rings. The fourth-order valence-corrected chi connectivity index (χ4v) is 1.45. The molecule has 0 unspecified atom stereocenters. The van der Waals surface area contributed by atoms with Crippen LogP contribution in [-0.2, 0) is 0 Å². The number of halogens is 2. The van der Waals surface area contributed by atoms with E-state index in [4.69, 9.17) is 4.74 Å². The molecule has 5 heteroatoms. The van der Waals surface area contributed by atoms with Gasteiger partial charge in [0.2, 0.25) is 5.88 Å². The van der Waals surface area contributed by atoms with Gasteiger partial charge in [-0.1, -0.05) is 0 Å². The Morgan fingerprint density at radius 2 is 1.83 bits per heavy atom. The fraction of sp³-hybridized carbons (Fsp3) is 0.154. The maximum atomic E-state index is 13.0. The Bertz CT molecular complexity index is 538. The molecule has 0 bridgehead atoms. The van der Waals surface area contributed by atoms with Crippen LogP contribution in [0.4, 0.5) is 8.78 Å². The Kier molecular flexibility index (Phi) is 3.53. The minimum absolute atomic E-state index is 0.0164. The third-order valence-corrected chi connectivity index (χ3v) is 2.30. The summed E-state index contributed by atoms with van der Waals surface area (Å²) in [7, 11) is 0. The molecular formula is C13H11F2NO2. The summed E-state index contributed by atoms with van der Waals surface area (Å²) in [6.45, 7) is 1.60. The van der Waals surface area contributed by atoms with Gasteiger partial charge in [-0.3, -0.25) is 0 Å². The smallest absolute Gasteiger partial charge is 0.219 e. The molecule has 0 saturated heterocycles. The maximum absolute atomic E-state index is 13.0. The molecule has 0 aliphatic rings. The molecule has 0 aliphatic carbocycles. The predicted octanol–water partition coefficient (Wildman–Crippen LogP) is 3.21. The van der Waals surface area contributed by atoms with Crippen LogP contribution in [0.2, 0.25) is 0 Å². The van der Waals surface area contributed by atoms with Crippen molar-refractivity contribution in [1.82, 2.24) is 4.98 Å². The normalized spacial score (nSPS) is 12.2. The van der Waals surface area contributed by atoms with Gasteiger partial charge in [0.25, 0.3) is 0 Å². The number of nitrogens with zero attached hydrogens (tertiary/aromatic N) is 1. The molecule has 3 nitrogen and oxygen atoms in total. The molecular weight excluding hydrogens is 240 g/mol. The first kappa shape index (κ1) is 12.4. The Morgan fingerprint density at radius 3 is 2.44 bits per heavy atom. The number of rotatable bonds is 3. The minimum Gasteiger partial charge on any atom is -0.439 e. The van der Waals surface area contributed by atoms with Gasteiger partial charge in [0.15, 0.2) is 0 Å². The molecule has 0 fully saturated rings. The second-order valence-corrected chi connectivity index (χ2v) is 3.81. The van der Waals surface area contributed by atoms with Crippen molar-refractivity contribution in [1.29, 1.82) is 0 Å². The first-order valence-corrected chi connectivity index (χ1v) is 5.32. The number of aliphatic hydroxyl groups excluding tert-OH is 1. The van der Waals surface area contributed by atoms with Crippen LogP contribution in [0.1, 0.15) is 18.6 Å². The average Bonchev–Trinajstić information content (AvgIpc) is 2.27. The van der Waals surface area contributed by atoms with E-state index in [-0.39, 0.29) is 11.6 Å². The largest absolute Gasteiger partial charge is 0.439 e. The average molecular weight is 251 g/mol. The molecule has 1 aromatic heterocycles. The topological polar surface area (TPSA) is 42.4 Å². The highest BCUT2D eigenvalue weighted by Gasteiger charge is 2.06. The highest BCUT2D eigenvalue weighted by molar-refractivity contribution is 5.30. The predicted molar refractivity (Wildman–Crippen MR) is 61.3 cm³/mol. The standard InChI is InChI=1S/C13H11F2NO2/c1-8(17)9-2-3-16-13(4-9)18-12-6-10(14)5-11(15)7-12/h2-8,17H,1H3/t8-/m1/s1. The van der Waals surface area contributed by atoms with Crippen LogP contribution in [0.15, 0.2) is 36.5 Å². The Balaban J connectivity index is 2.25. The quantitative estimate of drug-likeness (QED) is 0.910. The fourth-order valence-electron chi connectivity index (χ4n) is 1.45. The van der Waals surface area contributed by atoms with E-state index in [9.17, 15) is 13.9 Å². The molecule has 2 rings (SSSR count). The van der Waals surface area contributed by atoms with Crippen molar-refractivity contribution in [2.24, 2.45) is 0 Å². The lowest BCUT2D eigenvalue weighted by Gasteiger charge is -2.08. The van der Waals surface area contributed by atoms with Crippen LogP contribution in [-0.4, -0.2) is 10.1 Å². The summed E-state index contributed by atoms with van der Waals surface area (Å²) in [5.41, 5.74) is 0.608. The number of ether oxygens (including phenoxy) is 1. The van der Waals surface area contributed by atoms with Gasteiger partial charge in [0.1, 0.15) is 17.4 Å². The van der Waals surface area contributed by atoms with Gasteiger partial charge in [-0.15, -0.1) is 0 Å². The van der Waals surface area contributed by atoms with Crippen molar-refractivity contribution in [3.8, 4) is 11.6 Å². The molecule has 94 valence electrons. The number of pyridine rings is 1. The molecule has 1 atom stereocenters. The summed E-state index contributed by atoms with van der Waals surface area (Å²) in [4.78, 5) is 3.90. The van der Waals surface area contributed by atoms with Crippen LogP contribution < -0.4 is 4.74 Å². The van der Waals surface area contributed by atoms with E-state index < -0.39 is 17.7 Å². The summed E-state index contributed by atoms with van der Waals surface area (Å²) in [6, 6.07) is 6.00. The number of hydrogen-bond donors (Lipinski definition) is 1. The summed E-state index contributed by atoms with van der Waals surface area (Å²) in [5.74, 6) is -1.27. The number of aromatic nitrogens is 1. The van der Waals surface area contributed by atoms with E-state index in [1.807, 2.05) is 0 Å². The monoisotopic (exact) mass is 251 g/mol. The second-order valence-electron chi connectivity index (χ2n) is 3.81. The zero-order valence-corrected chi connectivity index (χ0v) is 9.60. The number of aliphatic hydroxyl groups is 1. The van der Waals surface area contributed by atoms with Gasteiger partial charge in [0.05, 0.1) is 6.10 Å². The Hall–Kier alpha value is -2.01. The van der Waals surface area contributed by atoms with Crippen LogP contribution >= 0.6 is 0 Å². The molecule has 0 saturated carbocycles. The molecule has 1 N–H and O–H groups in total. The maximum Gasteiger partial charge on any atom is 0.219 e. The molecule has 0 aliphatic heterocycles. The van der Waals surface area contributed by atoms with Crippen LogP contribution in [0, 0.1) is 11.6 Å². The molecule has 1 aromatic carbocycles. The minimum atomic E-state index is -0.725. The van der Waals surface area contributed by atoms with Crippen LogP contribution in [0.25, 0.3) is 0 Å². The zero-order chi connectivity index (χ0) is 13.1. The van der Waals surface area contributed by atoms with Crippen molar-refractivity contribution in [3.63, 3.8) is 0 Å². The summed E-state index contributed by atoms with van der Waals surface area (Å²) < 4.78 is 31.1. The van der Waals surface area contributed by atoms with Gasteiger partial charge >= 0.3 is 0 Å². The van der Waals surface area contributed by atoms with E-state index in [0.29, 0.717) is 5.56 Å². The van der Waals surface area contributed by atoms with Crippen LogP contribution in [0.5, 0.6) is 11.6 Å². The van der Waals surface area contributed by atoms with Crippen molar-refractivity contribution in [2.45, 2.75) is 13.0 Å². The first-order valence-electron chi connectivity index (χ1n) is 5.32. The summed E-state index contributed by atoms with van der Waals surface area (Å²) in [5, 5.41) is 9.40. The van der Waals surface area contributed by atoms with Gasteiger partial charge < -0.3 is 9.84 Å². The van der Waals surface area contributed by atoms with E-state index >= 15 is 0 Å². The zero-order valence-electron chi connectivity index (χ0n) is 9.60. The lowest BCUT2D eigenvalue weighted by atomic mass is 10.2. The van der Waals surface area contributed by atoms with Gasteiger partial charge in [0, 0.05) is 30.5 Å². The van der Waals surface area contributed by atoms with E-state index in [2.05, 4.69) is 4.98 Å². The van der Waals surface area contributed by atoms with Gasteiger partial charge in [-0.05, 0) is 18.6 Å². The van der Waals surface area contributed by atoms with Gasteiger partial charge in [-0.2, -0.15) is 0 Å². The summed E-state index contributed by atoms with van der Waals surface area (Å²) in [6.07, 6.45) is 0.784. The molecule has 1 heterocycles. The Morgan fingerprint density at radius 1 is 1.17 bits per heavy atom. The summed E-state index contributed by atoms with van der Waals surface area (Å²) >= 11 is 0. The van der Waals surface area contributed by atoms with Crippen molar-refractivity contribution < 1.29 is 18.6 Å². The lowest BCUT2D eigenvalue weighted by molar-refractivity contribution is 0.198. The molecule has 0 amide bonds.